The first-order chi connectivity index (χ1) is 11.2. The van der Waals surface area contributed by atoms with Crippen LogP contribution in [0.25, 0.3) is 0 Å². The molecule has 2 heterocycles. The van der Waals surface area contributed by atoms with Crippen LogP contribution >= 0.6 is 11.8 Å². The van der Waals surface area contributed by atoms with E-state index < -0.39 is 21.8 Å². The van der Waals surface area contributed by atoms with Gasteiger partial charge in [-0.3, -0.25) is 0 Å². The summed E-state index contributed by atoms with van der Waals surface area (Å²) >= 11 is 1.74. The first kappa shape index (κ1) is 18.0. The summed E-state index contributed by atoms with van der Waals surface area (Å²) in [7, 11) is -3.54. The van der Waals surface area contributed by atoms with Crippen LogP contribution in [-0.4, -0.2) is 43.1 Å². The van der Waals surface area contributed by atoms with Crippen molar-refractivity contribution >= 4 is 21.8 Å². The van der Waals surface area contributed by atoms with Gasteiger partial charge in [-0.15, -0.1) is 11.8 Å². The Balaban J connectivity index is 1.64. The molecule has 3 rings (SSSR count). The Morgan fingerprint density at radius 3 is 2.29 bits per heavy atom. The van der Waals surface area contributed by atoms with E-state index in [2.05, 4.69) is 0 Å². The van der Waals surface area contributed by atoms with Gasteiger partial charge >= 0.3 is 6.18 Å². The van der Waals surface area contributed by atoms with Crippen molar-refractivity contribution in [1.82, 2.24) is 4.31 Å². The molecular weight excluding hydrogens is 363 g/mol. The van der Waals surface area contributed by atoms with Gasteiger partial charge in [-0.2, -0.15) is 13.2 Å². The van der Waals surface area contributed by atoms with Gasteiger partial charge in [-0.05, 0) is 30.5 Å². The normalized spacial score (nSPS) is 22.1. The molecular formula is C15H18F3NO3S2. The zero-order valence-electron chi connectivity index (χ0n) is 12.9. The van der Waals surface area contributed by atoms with E-state index in [9.17, 15) is 21.6 Å². The molecule has 0 unspecified atom stereocenters. The summed E-state index contributed by atoms with van der Waals surface area (Å²) in [4.78, 5) is -0.250. The van der Waals surface area contributed by atoms with Gasteiger partial charge in [0.1, 0.15) is 4.93 Å². The van der Waals surface area contributed by atoms with Gasteiger partial charge in [0, 0.05) is 18.8 Å². The van der Waals surface area contributed by atoms with Crippen molar-refractivity contribution < 1.29 is 26.3 Å². The largest absolute Gasteiger partial charge is 0.416 e. The number of hydrogen-bond donors (Lipinski definition) is 0. The number of hydrogen-bond acceptors (Lipinski definition) is 4. The minimum atomic E-state index is -4.42. The van der Waals surface area contributed by atoms with Crippen molar-refractivity contribution in [2.45, 2.75) is 29.7 Å². The monoisotopic (exact) mass is 381 g/mol. The molecule has 24 heavy (non-hydrogen) atoms. The molecule has 1 aromatic rings. The molecule has 2 aliphatic rings. The summed E-state index contributed by atoms with van der Waals surface area (Å²) < 4.78 is 69.8. The van der Waals surface area contributed by atoms with Crippen molar-refractivity contribution in [2.75, 3.05) is 25.4 Å². The lowest BCUT2D eigenvalue weighted by Gasteiger charge is -2.37. The highest BCUT2D eigenvalue weighted by molar-refractivity contribution is 8.00. The molecule has 0 atom stereocenters. The third-order valence-corrected chi connectivity index (χ3v) is 7.59. The molecule has 0 radical (unpaired) electrons. The van der Waals surface area contributed by atoms with Gasteiger partial charge in [-0.25, -0.2) is 12.7 Å². The van der Waals surface area contributed by atoms with Crippen LogP contribution in [0, 0.1) is 0 Å². The fraction of sp³-hybridized carbons (Fsp3) is 0.600. The van der Waals surface area contributed by atoms with E-state index in [4.69, 9.17) is 4.74 Å². The van der Waals surface area contributed by atoms with Crippen molar-refractivity contribution in [3.8, 4) is 0 Å². The molecule has 1 aromatic carbocycles. The van der Waals surface area contributed by atoms with E-state index in [1.807, 2.05) is 0 Å². The highest BCUT2D eigenvalue weighted by Gasteiger charge is 2.41. The average Bonchev–Trinajstić information content (AvgIpc) is 2.95. The number of benzene rings is 1. The number of rotatable bonds is 3. The highest BCUT2D eigenvalue weighted by atomic mass is 32.2. The molecule has 2 saturated heterocycles. The van der Waals surface area contributed by atoms with Crippen LogP contribution in [0.5, 0.6) is 0 Å². The third kappa shape index (κ3) is 3.89. The Morgan fingerprint density at radius 2 is 1.79 bits per heavy atom. The van der Waals surface area contributed by atoms with Crippen molar-refractivity contribution in [1.29, 1.82) is 0 Å². The highest BCUT2D eigenvalue weighted by Crippen LogP contribution is 2.42. The standard InChI is InChI=1S/C15H18F3NO3S2/c16-15(17,18)13-3-1-12(2-4-13)11-24(20,21)19-7-5-14(6-8-19)22-9-10-23-14/h1-4H,5-11H2. The fourth-order valence-corrected chi connectivity index (χ4v) is 5.69. The van der Waals surface area contributed by atoms with E-state index in [0.717, 1.165) is 17.9 Å². The lowest BCUT2D eigenvalue weighted by Crippen LogP contribution is -2.45. The van der Waals surface area contributed by atoms with Gasteiger partial charge < -0.3 is 4.74 Å². The van der Waals surface area contributed by atoms with Crippen LogP contribution in [0.4, 0.5) is 13.2 Å². The smallest absolute Gasteiger partial charge is 0.363 e. The molecule has 0 N–H and O–H groups in total. The Kier molecular flexibility index (Phi) is 4.89. The lowest BCUT2D eigenvalue weighted by molar-refractivity contribution is -0.137. The third-order valence-electron chi connectivity index (χ3n) is 4.32. The maximum Gasteiger partial charge on any atom is 0.416 e. The predicted octanol–water partition coefficient (Wildman–Crippen LogP) is 3.09. The molecule has 0 saturated carbocycles. The Bertz CT molecular complexity index is 673. The quantitative estimate of drug-likeness (QED) is 0.807. The zero-order chi connectivity index (χ0) is 17.4. The van der Waals surface area contributed by atoms with E-state index in [1.54, 1.807) is 11.8 Å². The Labute approximate surface area is 143 Å². The lowest BCUT2D eigenvalue weighted by atomic mass is 10.1. The van der Waals surface area contributed by atoms with Crippen molar-refractivity contribution in [3.05, 3.63) is 35.4 Å². The SMILES string of the molecule is O=S(=O)(Cc1ccc(C(F)(F)F)cc1)N1CCC2(CC1)OCCS2. The molecule has 9 heteroatoms. The molecule has 0 aliphatic carbocycles. The zero-order valence-corrected chi connectivity index (χ0v) is 14.5. The Hall–Kier alpha value is -0.770. The number of alkyl halides is 3. The first-order valence-electron chi connectivity index (χ1n) is 7.62. The van der Waals surface area contributed by atoms with E-state index in [-0.39, 0.29) is 10.7 Å². The topological polar surface area (TPSA) is 46.6 Å². The molecule has 4 nitrogen and oxygen atoms in total. The van der Waals surface area contributed by atoms with Gasteiger partial charge in [0.05, 0.1) is 17.9 Å². The van der Waals surface area contributed by atoms with Gasteiger partial charge in [0.2, 0.25) is 10.0 Å². The molecule has 2 fully saturated rings. The van der Waals surface area contributed by atoms with E-state index in [1.165, 1.54) is 16.4 Å². The van der Waals surface area contributed by atoms with Gasteiger partial charge in [0.15, 0.2) is 0 Å². The number of nitrogens with zero attached hydrogens (tertiary/aromatic N) is 1. The summed E-state index contributed by atoms with van der Waals surface area (Å²) in [5, 5.41) is 0. The summed E-state index contributed by atoms with van der Waals surface area (Å²) in [6.07, 6.45) is -3.13. The van der Waals surface area contributed by atoms with E-state index in [0.29, 0.717) is 38.1 Å². The Morgan fingerprint density at radius 1 is 1.17 bits per heavy atom. The summed E-state index contributed by atoms with van der Waals surface area (Å²) in [5.41, 5.74) is -0.422. The predicted molar refractivity (Wildman–Crippen MR) is 86.0 cm³/mol. The number of piperidine rings is 1. The molecule has 0 amide bonds. The van der Waals surface area contributed by atoms with Crippen LogP contribution in [0.3, 0.4) is 0 Å². The second-order valence-corrected chi connectivity index (χ2v) is 9.37. The minimum Gasteiger partial charge on any atom is -0.363 e. The number of ether oxygens (including phenoxy) is 1. The summed E-state index contributed by atoms with van der Waals surface area (Å²) in [6.45, 7) is 1.47. The molecule has 134 valence electrons. The molecule has 1 spiro atoms. The van der Waals surface area contributed by atoms with E-state index >= 15 is 0 Å². The summed E-state index contributed by atoms with van der Waals surface area (Å²) in [5.74, 6) is 0.643. The van der Waals surface area contributed by atoms with Gasteiger partial charge in [0.25, 0.3) is 0 Å². The van der Waals surface area contributed by atoms with Crippen LogP contribution in [0.15, 0.2) is 24.3 Å². The van der Waals surface area contributed by atoms with Crippen LogP contribution in [-0.2, 0) is 26.7 Å². The number of halogens is 3. The maximum atomic E-state index is 12.6. The maximum absolute atomic E-state index is 12.6. The van der Waals surface area contributed by atoms with Crippen LogP contribution < -0.4 is 0 Å². The molecule has 2 aliphatic heterocycles. The fourth-order valence-electron chi connectivity index (χ4n) is 2.98. The number of sulfonamides is 1. The molecule has 0 aromatic heterocycles. The van der Waals surface area contributed by atoms with Crippen LogP contribution in [0.1, 0.15) is 24.0 Å². The minimum absolute atomic E-state index is 0.250. The second kappa shape index (κ2) is 6.51. The van der Waals surface area contributed by atoms with Gasteiger partial charge in [-0.1, -0.05) is 12.1 Å². The summed E-state index contributed by atoms with van der Waals surface area (Å²) in [6, 6.07) is 4.28. The van der Waals surface area contributed by atoms with Crippen molar-refractivity contribution in [2.24, 2.45) is 0 Å². The molecule has 0 bridgehead atoms. The number of thioether (sulfide) groups is 1. The van der Waals surface area contributed by atoms with Crippen LogP contribution in [0.2, 0.25) is 0 Å². The average molecular weight is 381 g/mol. The second-order valence-electron chi connectivity index (χ2n) is 5.96. The first-order valence-corrected chi connectivity index (χ1v) is 10.2. The van der Waals surface area contributed by atoms with Crippen molar-refractivity contribution in [3.63, 3.8) is 0 Å².